The molecule has 0 aliphatic rings. The Hall–Kier alpha value is -0.810. The molecule has 0 aromatic carbocycles. The minimum atomic E-state index is -0.739. The minimum absolute atomic E-state index is 0.254. The Kier molecular flexibility index (Phi) is 3.80. The molecule has 0 aliphatic heterocycles. The number of rotatable bonds is 3. The highest BCUT2D eigenvalue weighted by molar-refractivity contribution is 6.45. The van der Waals surface area contributed by atoms with Gasteiger partial charge in [0.05, 0.1) is 0 Å². The normalized spacial score (nSPS) is 11.9. The lowest BCUT2D eigenvalue weighted by Gasteiger charge is -2.24. The molecule has 0 fully saturated rings. The topological polar surface area (TPSA) is 59.8 Å². The van der Waals surface area contributed by atoms with E-state index in [0.717, 1.165) is 0 Å². The summed E-state index contributed by atoms with van der Waals surface area (Å²) in [4.78, 5) is 11.3. The zero-order chi connectivity index (χ0) is 12.5. The molecule has 0 aliphatic carbocycles. The van der Waals surface area contributed by atoms with E-state index in [0.29, 0.717) is 5.95 Å². The number of nitrogens with zero attached hydrogens (tertiary/aromatic N) is 3. The van der Waals surface area contributed by atoms with Crippen molar-refractivity contribution in [1.82, 2.24) is 14.8 Å². The molecule has 0 unspecified atom stereocenters. The maximum absolute atomic E-state index is 12.0. The lowest BCUT2D eigenvalue weighted by Crippen LogP contribution is -2.38. The van der Waals surface area contributed by atoms with Crippen LogP contribution in [-0.2, 0) is 12.5 Å². The van der Waals surface area contributed by atoms with Crippen molar-refractivity contribution < 1.29 is 0 Å². The Bertz CT molecular complexity index is 442. The number of nitrogens with one attached hydrogen (secondary N) is 1. The number of anilines is 1. The number of hydrogen-bond donors (Lipinski definition) is 1. The number of hydrogen-bond acceptors (Lipinski definition) is 4. The zero-order valence-corrected chi connectivity index (χ0v) is 11.1. The molecule has 90 valence electrons. The monoisotopic (exact) mass is 264 g/mol. The van der Waals surface area contributed by atoms with Gasteiger partial charge in [-0.15, -0.1) is 33.4 Å². The summed E-state index contributed by atoms with van der Waals surface area (Å²) in [6.07, 6.45) is 0. The summed E-state index contributed by atoms with van der Waals surface area (Å²) in [6, 6.07) is 0. The molecular weight excluding hydrogens is 251 g/mol. The number of aromatic nitrogens is 3. The second-order valence-electron chi connectivity index (χ2n) is 4.01. The van der Waals surface area contributed by atoms with E-state index in [-0.39, 0.29) is 11.3 Å². The summed E-state index contributed by atoms with van der Waals surface area (Å²) < 4.78 is 1.38. The quantitative estimate of drug-likeness (QED) is 0.837. The van der Waals surface area contributed by atoms with Gasteiger partial charge in [0.1, 0.15) is 10.5 Å². The predicted octanol–water partition coefficient (Wildman–Crippen LogP) is 1.30. The lowest BCUT2D eigenvalue weighted by atomic mass is 9.92. The summed E-state index contributed by atoms with van der Waals surface area (Å²) in [6.45, 7) is 3.50. The van der Waals surface area contributed by atoms with E-state index >= 15 is 0 Å². The van der Waals surface area contributed by atoms with Gasteiger partial charge in [-0.05, 0) is 0 Å². The van der Waals surface area contributed by atoms with E-state index in [1.165, 1.54) is 4.57 Å². The van der Waals surface area contributed by atoms with Crippen LogP contribution in [0, 0.1) is 0 Å². The third kappa shape index (κ3) is 2.15. The fourth-order valence-corrected chi connectivity index (χ4v) is 1.39. The van der Waals surface area contributed by atoms with Crippen molar-refractivity contribution in [2.75, 3.05) is 12.4 Å². The fourth-order valence-electron chi connectivity index (χ4n) is 1.19. The first kappa shape index (κ1) is 13.3. The third-order valence-corrected chi connectivity index (χ3v) is 3.54. The first-order valence-corrected chi connectivity index (χ1v) is 5.59. The molecule has 0 saturated carbocycles. The average molecular weight is 265 g/mol. The molecule has 1 rings (SSSR count). The summed E-state index contributed by atoms with van der Waals surface area (Å²) in [5.41, 5.74) is -0.739. The molecule has 1 N–H and O–H groups in total. The molecular formula is C9H14Cl2N4O. The number of alkyl halides is 2. The maximum Gasteiger partial charge on any atom is 0.277 e. The van der Waals surface area contributed by atoms with Crippen LogP contribution in [0.25, 0.3) is 0 Å². The van der Waals surface area contributed by atoms with Gasteiger partial charge in [-0.1, -0.05) is 13.8 Å². The van der Waals surface area contributed by atoms with Gasteiger partial charge < -0.3 is 5.32 Å². The van der Waals surface area contributed by atoms with Crippen LogP contribution in [0.5, 0.6) is 0 Å². The van der Waals surface area contributed by atoms with Crippen LogP contribution in [0.15, 0.2) is 4.79 Å². The summed E-state index contributed by atoms with van der Waals surface area (Å²) in [5.74, 6) is 0.394. The molecule has 0 bridgehead atoms. The van der Waals surface area contributed by atoms with E-state index < -0.39 is 10.3 Å². The molecule has 0 atom stereocenters. The van der Waals surface area contributed by atoms with Crippen molar-refractivity contribution >= 4 is 29.2 Å². The summed E-state index contributed by atoms with van der Waals surface area (Å²) in [5, 5.41) is 10.5. The Labute approximate surface area is 104 Å². The van der Waals surface area contributed by atoms with Crippen molar-refractivity contribution in [2.45, 2.75) is 24.1 Å². The zero-order valence-electron chi connectivity index (χ0n) is 9.58. The first-order valence-electron chi connectivity index (χ1n) is 4.72. The summed E-state index contributed by atoms with van der Waals surface area (Å²) in [7, 11) is 3.28. The minimum Gasteiger partial charge on any atom is -0.357 e. The van der Waals surface area contributed by atoms with Crippen molar-refractivity contribution in [2.24, 2.45) is 7.05 Å². The molecule has 0 spiro atoms. The molecule has 7 heteroatoms. The van der Waals surface area contributed by atoms with E-state index in [1.807, 2.05) is 0 Å². The smallest absolute Gasteiger partial charge is 0.277 e. The van der Waals surface area contributed by atoms with Crippen molar-refractivity contribution in [3.63, 3.8) is 0 Å². The van der Waals surface area contributed by atoms with E-state index in [9.17, 15) is 4.79 Å². The van der Waals surface area contributed by atoms with Crippen LogP contribution in [0.2, 0.25) is 0 Å². The highest BCUT2D eigenvalue weighted by Crippen LogP contribution is 2.29. The molecule has 5 nitrogen and oxygen atoms in total. The van der Waals surface area contributed by atoms with E-state index in [2.05, 4.69) is 15.5 Å². The largest absolute Gasteiger partial charge is 0.357 e. The average Bonchev–Trinajstić information content (AvgIpc) is 2.21. The molecule has 1 heterocycles. The van der Waals surface area contributed by atoms with Crippen LogP contribution >= 0.6 is 23.2 Å². The van der Waals surface area contributed by atoms with Crippen LogP contribution in [0.4, 0.5) is 5.95 Å². The van der Waals surface area contributed by atoms with Crippen LogP contribution in [-0.4, -0.2) is 26.6 Å². The van der Waals surface area contributed by atoms with Crippen LogP contribution < -0.4 is 10.9 Å². The van der Waals surface area contributed by atoms with Gasteiger partial charge in [0, 0.05) is 19.5 Å². The van der Waals surface area contributed by atoms with Crippen molar-refractivity contribution in [3.8, 4) is 0 Å². The maximum atomic E-state index is 12.0. The SMILES string of the molecule is CNc1nnc(C(C)(C)C(Cl)Cl)c(=O)n1C. The van der Waals surface area contributed by atoms with E-state index in [1.54, 1.807) is 27.9 Å². The fraction of sp³-hybridized carbons (Fsp3) is 0.667. The first-order chi connectivity index (χ1) is 7.32. The molecule has 0 radical (unpaired) electrons. The number of halogens is 2. The van der Waals surface area contributed by atoms with Gasteiger partial charge in [-0.2, -0.15) is 0 Å². The molecule has 0 saturated heterocycles. The van der Waals surface area contributed by atoms with Crippen molar-refractivity contribution in [3.05, 3.63) is 16.0 Å². The van der Waals surface area contributed by atoms with E-state index in [4.69, 9.17) is 23.2 Å². The Morgan fingerprint density at radius 1 is 1.38 bits per heavy atom. The van der Waals surface area contributed by atoms with Gasteiger partial charge >= 0.3 is 0 Å². The molecule has 1 aromatic heterocycles. The Morgan fingerprint density at radius 2 is 1.94 bits per heavy atom. The second kappa shape index (κ2) is 4.59. The van der Waals surface area contributed by atoms with Gasteiger partial charge in [-0.25, -0.2) is 0 Å². The lowest BCUT2D eigenvalue weighted by molar-refractivity contribution is 0.519. The van der Waals surface area contributed by atoms with Gasteiger partial charge in [0.15, 0.2) is 0 Å². The molecule has 16 heavy (non-hydrogen) atoms. The Balaban J connectivity index is 3.39. The highest BCUT2D eigenvalue weighted by atomic mass is 35.5. The van der Waals surface area contributed by atoms with Gasteiger partial charge in [0.2, 0.25) is 5.95 Å². The van der Waals surface area contributed by atoms with Gasteiger partial charge in [-0.3, -0.25) is 9.36 Å². The van der Waals surface area contributed by atoms with Crippen LogP contribution in [0.3, 0.4) is 0 Å². The van der Waals surface area contributed by atoms with Gasteiger partial charge in [0.25, 0.3) is 5.56 Å². The van der Waals surface area contributed by atoms with Crippen LogP contribution in [0.1, 0.15) is 19.5 Å². The third-order valence-electron chi connectivity index (χ3n) is 2.45. The second-order valence-corrected chi connectivity index (χ2v) is 5.11. The Morgan fingerprint density at radius 3 is 2.38 bits per heavy atom. The summed E-state index contributed by atoms with van der Waals surface area (Å²) >= 11 is 11.7. The predicted molar refractivity (Wildman–Crippen MR) is 65.3 cm³/mol. The molecule has 0 amide bonds. The highest BCUT2D eigenvalue weighted by Gasteiger charge is 2.33. The molecule has 1 aromatic rings. The standard InChI is InChI=1S/C9H14Cl2N4O/c1-9(2,7(10)11)5-6(16)15(4)8(12-3)14-13-5/h7H,1-4H3,(H,12,14). The van der Waals surface area contributed by atoms with Crippen molar-refractivity contribution in [1.29, 1.82) is 0 Å².